The minimum absolute atomic E-state index is 0.0285. The quantitative estimate of drug-likeness (QED) is 0.169. The Morgan fingerprint density at radius 3 is 1.88 bits per heavy atom. The van der Waals surface area contributed by atoms with Gasteiger partial charge in [0.05, 0.1) is 11.4 Å². The number of phenols is 1. The van der Waals surface area contributed by atoms with Crippen molar-refractivity contribution in [1.29, 1.82) is 0 Å². The van der Waals surface area contributed by atoms with Gasteiger partial charge in [-0.05, 0) is 99.7 Å². The lowest BCUT2D eigenvalue weighted by molar-refractivity contribution is 0.477. The van der Waals surface area contributed by atoms with Gasteiger partial charge in [-0.15, -0.1) is 11.3 Å². The van der Waals surface area contributed by atoms with Crippen LogP contribution in [0.1, 0.15) is 57.5 Å². The number of aromatic nitrogens is 2. The van der Waals surface area contributed by atoms with Crippen LogP contribution in [0.25, 0.3) is 44.1 Å². The molecule has 0 amide bonds. The zero-order valence-electron chi connectivity index (χ0n) is 31.1. The van der Waals surface area contributed by atoms with Gasteiger partial charge in [0.25, 0.3) is 6.71 Å². The Kier molecular flexibility index (Phi) is 9.50. The van der Waals surface area contributed by atoms with Gasteiger partial charge in [-0.2, -0.15) is 0 Å². The first kappa shape index (κ1) is 35.2. The van der Waals surface area contributed by atoms with Crippen LogP contribution < -0.4 is 16.5 Å². The molecule has 4 aromatic carbocycles. The fourth-order valence-electron chi connectivity index (χ4n) is 6.82. The molecule has 0 radical (unpaired) electrons. The van der Waals surface area contributed by atoms with Crippen molar-refractivity contribution >= 4 is 34.6 Å². The molecular formula is C47H45BN2OS. The van der Waals surface area contributed by atoms with Gasteiger partial charge in [-0.1, -0.05) is 137 Å². The van der Waals surface area contributed by atoms with Crippen molar-refractivity contribution in [3.8, 4) is 49.8 Å². The van der Waals surface area contributed by atoms with E-state index in [2.05, 4.69) is 152 Å². The normalized spacial score (nSPS) is 11.8. The minimum atomic E-state index is -0.0987. The van der Waals surface area contributed by atoms with Crippen molar-refractivity contribution in [3.63, 3.8) is 0 Å². The van der Waals surface area contributed by atoms with Gasteiger partial charge in [0.2, 0.25) is 0 Å². The summed E-state index contributed by atoms with van der Waals surface area (Å²) in [5.41, 5.74) is 12.6. The molecule has 0 aliphatic carbocycles. The summed E-state index contributed by atoms with van der Waals surface area (Å²) in [7, 11) is 0. The highest BCUT2D eigenvalue weighted by molar-refractivity contribution is 7.15. The molecule has 3 aromatic heterocycles. The molecule has 0 unspecified atom stereocenters. The number of thiophene rings is 1. The van der Waals surface area contributed by atoms with E-state index in [0.29, 0.717) is 5.56 Å². The summed E-state index contributed by atoms with van der Waals surface area (Å²) >= 11 is 1.82. The summed E-state index contributed by atoms with van der Waals surface area (Å²) in [6.07, 6.45) is 1.88. The van der Waals surface area contributed by atoms with Crippen LogP contribution in [-0.2, 0) is 10.8 Å². The Morgan fingerprint density at radius 1 is 0.577 bits per heavy atom. The van der Waals surface area contributed by atoms with Gasteiger partial charge < -0.3 is 5.11 Å². The predicted molar refractivity (Wildman–Crippen MR) is 223 cm³/mol. The Hall–Kier alpha value is -5.26. The van der Waals surface area contributed by atoms with Crippen LogP contribution in [0.5, 0.6) is 5.75 Å². The molecule has 0 fully saturated rings. The van der Waals surface area contributed by atoms with E-state index in [0.717, 1.165) is 39.1 Å². The van der Waals surface area contributed by atoms with Gasteiger partial charge in [0, 0.05) is 27.1 Å². The molecule has 0 atom stereocenters. The number of para-hydroxylation sites is 1. The number of hydrogen-bond donors (Lipinski definition) is 1. The van der Waals surface area contributed by atoms with Crippen molar-refractivity contribution < 1.29 is 5.11 Å². The molecule has 1 N–H and O–H groups in total. The summed E-state index contributed by atoms with van der Waals surface area (Å²) in [5.74, 6) is 0.210. The third-order valence-corrected chi connectivity index (χ3v) is 10.8. The van der Waals surface area contributed by atoms with E-state index in [1.165, 1.54) is 31.9 Å². The summed E-state index contributed by atoms with van der Waals surface area (Å²) < 4.78 is 0. The number of hydrogen-bond acceptors (Lipinski definition) is 4. The second-order valence-electron chi connectivity index (χ2n) is 15.8. The zero-order valence-corrected chi connectivity index (χ0v) is 31.9. The molecule has 0 saturated heterocycles. The molecule has 3 heterocycles. The number of aromatic hydroxyl groups is 1. The number of nitrogens with zero attached hydrogens (tertiary/aromatic N) is 2. The van der Waals surface area contributed by atoms with E-state index in [4.69, 9.17) is 9.97 Å². The number of rotatable bonds is 7. The van der Waals surface area contributed by atoms with Crippen LogP contribution in [0.15, 0.2) is 140 Å². The van der Waals surface area contributed by atoms with E-state index in [-0.39, 0.29) is 23.3 Å². The first-order chi connectivity index (χ1) is 24.8. The Labute approximate surface area is 313 Å². The van der Waals surface area contributed by atoms with Crippen LogP contribution in [0.3, 0.4) is 0 Å². The average molecular weight is 697 g/mol. The molecule has 0 saturated carbocycles. The molecule has 0 aliphatic heterocycles. The zero-order chi connectivity index (χ0) is 36.6. The smallest absolute Gasteiger partial charge is 0.265 e. The van der Waals surface area contributed by atoms with Crippen molar-refractivity contribution in [1.82, 2.24) is 9.97 Å². The van der Waals surface area contributed by atoms with E-state index in [1.807, 2.05) is 41.8 Å². The minimum Gasteiger partial charge on any atom is -0.507 e. The molecule has 0 aliphatic rings. The van der Waals surface area contributed by atoms with Crippen molar-refractivity contribution in [2.75, 3.05) is 0 Å². The highest BCUT2D eigenvalue weighted by Crippen LogP contribution is 2.38. The summed E-state index contributed by atoms with van der Waals surface area (Å²) in [6.45, 7) is 15.7. The lowest BCUT2D eigenvalue weighted by atomic mass is 9.37. The maximum atomic E-state index is 11.0. The maximum absolute atomic E-state index is 11.0. The molecule has 52 heavy (non-hydrogen) atoms. The van der Waals surface area contributed by atoms with Gasteiger partial charge >= 0.3 is 0 Å². The molecule has 3 nitrogen and oxygen atoms in total. The van der Waals surface area contributed by atoms with Gasteiger partial charge in [-0.3, -0.25) is 4.98 Å². The van der Waals surface area contributed by atoms with Crippen molar-refractivity contribution in [3.05, 3.63) is 156 Å². The first-order valence-electron chi connectivity index (χ1n) is 18.0. The molecule has 0 spiro atoms. The summed E-state index contributed by atoms with van der Waals surface area (Å²) in [4.78, 5) is 12.7. The number of phenolic OH excluding ortho intramolecular Hbond substituents is 1. The number of benzene rings is 4. The largest absolute Gasteiger partial charge is 0.507 e. The highest BCUT2D eigenvalue weighted by Gasteiger charge is 2.27. The van der Waals surface area contributed by atoms with Crippen molar-refractivity contribution in [2.24, 2.45) is 0 Å². The topological polar surface area (TPSA) is 46.0 Å². The van der Waals surface area contributed by atoms with Crippen LogP contribution >= 0.6 is 11.3 Å². The van der Waals surface area contributed by atoms with Crippen LogP contribution in [0.4, 0.5) is 0 Å². The Morgan fingerprint density at radius 2 is 1.23 bits per heavy atom. The Bertz CT molecular complexity index is 2330. The molecule has 0 bridgehead atoms. The summed E-state index contributed by atoms with van der Waals surface area (Å²) in [6, 6.07) is 46.8. The predicted octanol–water partition coefficient (Wildman–Crippen LogP) is 10.3. The fraction of sp³-hybridized carbons (Fsp3) is 0.191. The lowest BCUT2D eigenvalue weighted by Crippen LogP contribution is -2.53. The molecular weight excluding hydrogens is 651 g/mol. The summed E-state index contributed by atoms with van der Waals surface area (Å²) in [5, 5.41) is 11.0. The molecule has 5 heteroatoms. The van der Waals surface area contributed by atoms with Crippen LogP contribution in [0, 0.1) is 6.92 Å². The standard InChI is InChI=1S/C47H45BN2OS/c1-31-22-23-44(52-31)38-17-8-10-19-40(38)48(45-21-12-13-24-49-45)37-16-14-15-32(27-37)41-28-34(29-42(50-41)39-18-9-11-20-43(39)51)33-25-35(46(2,3)4)30-36(26-33)47(5,6)7/h8-30,51H,1-7H3. The lowest BCUT2D eigenvalue weighted by Gasteiger charge is -2.26. The fourth-order valence-corrected chi connectivity index (χ4v) is 7.73. The molecule has 258 valence electrons. The third kappa shape index (κ3) is 7.38. The maximum Gasteiger partial charge on any atom is 0.265 e. The highest BCUT2D eigenvalue weighted by atomic mass is 32.1. The monoisotopic (exact) mass is 696 g/mol. The van der Waals surface area contributed by atoms with Crippen molar-refractivity contribution in [2.45, 2.75) is 59.3 Å². The average Bonchev–Trinajstić information content (AvgIpc) is 3.57. The van der Waals surface area contributed by atoms with Gasteiger partial charge in [-0.25, -0.2) is 4.98 Å². The second kappa shape index (κ2) is 14.0. The Balaban J connectivity index is 1.44. The molecule has 7 aromatic rings. The van der Waals surface area contributed by atoms with E-state index >= 15 is 0 Å². The number of aryl methyl sites for hydroxylation is 1. The third-order valence-electron chi connectivity index (χ3n) is 9.78. The van der Waals surface area contributed by atoms with Crippen LogP contribution in [0.2, 0.25) is 0 Å². The first-order valence-corrected chi connectivity index (χ1v) is 18.8. The van der Waals surface area contributed by atoms with Gasteiger partial charge in [0.15, 0.2) is 0 Å². The number of pyridine rings is 2. The molecule has 7 rings (SSSR count). The second-order valence-corrected chi connectivity index (χ2v) is 17.0. The van der Waals surface area contributed by atoms with E-state index < -0.39 is 0 Å². The van der Waals surface area contributed by atoms with E-state index in [9.17, 15) is 5.11 Å². The SMILES string of the molecule is Cc1ccc(-c2ccccc2B(c2cccc(-c3cc(-c4cc(C(C)(C)C)cc(C(C)(C)C)c4)cc(-c4ccccc4O)n3)c2)c2ccccn2)s1. The van der Waals surface area contributed by atoms with E-state index in [1.54, 1.807) is 6.07 Å². The van der Waals surface area contributed by atoms with Gasteiger partial charge in [0.1, 0.15) is 5.75 Å². The van der Waals surface area contributed by atoms with Crippen LogP contribution in [-0.4, -0.2) is 21.8 Å².